The summed E-state index contributed by atoms with van der Waals surface area (Å²) in [6, 6.07) is 8.73. The van der Waals surface area contributed by atoms with Crippen molar-refractivity contribution in [1.29, 1.82) is 0 Å². The molecule has 12 heteroatoms. The number of furan rings is 1. The van der Waals surface area contributed by atoms with Crippen LogP contribution in [0.1, 0.15) is 55.3 Å². The Morgan fingerprint density at radius 1 is 1.21 bits per heavy atom. The third-order valence-electron chi connectivity index (χ3n) is 4.56. The number of nitro groups is 1. The summed E-state index contributed by atoms with van der Waals surface area (Å²) in [5, 5.41) is 13.8. The maximum atomic E-state index is 12.7. The molecule has 0 bridgehead atoms. The number of esters is 1. The van der Waals surface area contributed by atoms with E-state index in [1.807, 2.05) is 6.92 Å². The summed E-state index contributed by atoms with van der Waals surface area (Å²) in [6.45, 7) is 3.39. The number of nitro benzene ring substituents is 1. The van der Waals surface area contributed by atoms with Crippen molar-refractivity contribution in [3.8, 4) is 5.75 Å². The summed E-state index contributed by atoms with van der Waals surface area (Å²) in [6.07, 6.45) is 0.600. The lowest BCUT2D eigenvalue weighted by Gasteiger charge is -2.07. The standard InChI is InChI=1S/C22H21N3O8S/c1-3-10-31-22(28)17-12(2)18(19(23)26)34-21(17)24-20(27)16-9-8-13(33-16)11-32-15-7-5-4-6-14(15)25(29)30/h4-9H,3,10-11H2,1-2H3,(H2,23,26)(H,24,27). The zero-order valence-corrected chi connectivity index (χ0v) is 19.1. The average Bonchev–Trinajstić information content (AvgIpc) is 3.41. The topological polar surface area (TPSA) is 164 Å². The van der Waals surface area contributed by atoms with E-state index in [2.05, 4.69) is 5.32 Å². The zero-order chi connectivity index (χ0) is 24.8. The van der Waals surface area contributed by atoms with Crippen LogP contribution in [0.4, 0.5) is 10.7 Å². The van der Waals surface area contributed by atoms with Gasteiger partial charge in [0.05, 0.1) is 22.0 Å². The lowest BCUT2D eigenvalue weighted by molar-refractivity contribution is -0.386. The molecular formula is C22H21N3O8S. The number of thiophene rings is 1. The van der Waals surface area contributed by atoms with E-state index in [-0.39, 0.29) is 51.6 Å². The molecule has 178 valence electrons. The maximum absolute atomic E-state index is 12.7. The van der Waals surface area contributed by atoms with Crippen molar-refractivity contribution in [2.75, 3.05) is 11.9 Å². The quantitative estimate of drug-likeness (QED) is 0.245. The molecule has 0 spiro atoms. The van der Waals surface area contributed by atoms with Crippen LogP contribution in [0.5, 0.6) is 5.75 Å². The lowest BCUT2D eigenvalue weighted by Crippen LogP contribution is -2.15. The number of hydrogen-bond donors (Lipinski definition) is 2. The molecule has 2 aromatic heterocycles. The highest BCUT2D eigenvalue weighted by Gasteiger charge is 2.26. The lowest BCUT2D eigenvalue weighted by atomic mass is 10.1. The molecule has 34 heavy (non-hydrogen) atoms. The minimum atomic E-state index is -0.736. The van der Waals surface area contributed by atoms with E-state index < -0.39 is 22.7 Å². The van der Waals surface area contributed by atoms with Gasteiger partial charge in [-0.15, -0.1) is 11.3 Å². The van der Waals surface area contributed by atoms with E-state index in [4.69, 9.17) is 19.6 Å². The minimum absolute atomic E-state index is 0.0482. The van der Waals surface area contributed by atoms with Gasteiger partial charge in [-0.3, -0.25) is 19.7 Å². The SMILES string of the molecule is CCCOC(=O)c1c(NC(=O)c2ccc(COc3ccccc3[N+](=O)[O-])o2)sc(C(N)=O)c1C. The van der Waals surface area contributed by atoms with Gasteiger partial charge in [-0.2, -0.15) is 0 Å². The number of carbonyl (C=O) groups is 3. The Kier molecular flexibility index (Phi) is 7.64. The Bertz CT molecular complexity index is 1250. The number of carbonyl (C=O) groups excluding carboxylic acids is 3. The number of primary amides is 1. The first-order chi connectivity index (χ1) is 16.2. The molecule has 3 N–H and O–H groups in total. The number of benzene rings is 1. The highest BCUT2D eigenvalue weighted by molar-refractivity contribution is 7.18. The summed E-state index contributed by atoms with van der Waals surface area (Å²) >= 11 is 0.860. The van der Waals surface area contributed by atoms with Crippen molar-refractivity contribution in [2.45, 2.75) is 26.9 Å². The normalized spacial score (nSPS) is 10.5. The molecule has 0 aliphatic carbocycles. The van der Waals surface area contributed by atoms with Gasteiger partial charge in [0, 0.05) is 6.07 Å². The number of rotatable bonds is 10. The van der Waals surface area contributed by atoms with Crippen molar-refractivity contribution in [3.05, 3.63) is 74.0 Å². The Balaban J connectivity index is 1.76. The minimum Gasteiger partial charge on any atom is -0.479 e. The number of amides is 2. The largest absolute Gasteiger partial charge is 0.479 e. The predicted octanol–water partition coefficient (Wildman–Crippen LogP) is 4.05. The van der Waals surface area contributed by atoms with Crippen LogP contribution in [0, 0.1) is 17.0 Å². The fourth-order valence-electron chi connectivity index (χ4n) is 2.97. The molecule has 0 atom stereocenters. The summed E-state index contributed by atoms with van der Waals surface area (Å²) in [4.78, 5) is 47.6. The molecule has 1 aromatic carbocycles. The third-order valence-corrected chi connectivity index (χ3v) is 5.78. The van der Waals surface area contributed by atoms with Crippen molar-refractivity contribution < 1.29 is 33.2 Å². The second-order valence-electron chi connectivity index (χ2n) is 6.99. The van der Waals surface area contributed by atoms with Crippen LogP contribution in [0.15, 0.2) is 40.8 Å². The first-order valence-electron chi connectivity index (χ1n) is 10.1. The highest BCUT2D eigenvalue weighted by Crippen LogP contribution is 2.34. The number of nitrogens with zero attached hydrogens (tertiary/aromatic N) is 1. The monoisotopic (exact) mass is 487 g/mol. The first kappa shape index (κ1) is 24.5. The van der Waals surface area contributed by atoms with Gasteiger partial charge in [0.1, 0.15) is 17.4 Å². The average molecular weight is 487 g/mol. The maximum Gasteiger partial charge on any atom is 0.341 e. The van der Waals surface area contributed by atoms with Gasteiger partial charge >= 0.3 is 11.7 Å². The van der Waals surface area contributed by atoms with E-state index >= 15 is 0 Å². The third kappa shape index (κ3) is 5.41. The van der Waals surface area contributed by atoms with Crippen molar-refractivity contribution in [3.63, 3.8) is 0 Å². The molecule has 0 saturated heterocycles. The Labute approximate surface area is 197 Å². The molecule has 2 amide bonds. The summed E-state index contributed by atoms with van der Waals surface area (Å²) < 4.78 is 16.1. The van der Waals surface area contributed by atoms with Gasteiger partial charge in [0.25, 0.3) is 11.8 Å². The molecule has 0 unspecified atom stereocenters. The Morgan fingerprint density at radius 3 is 2.62 bits per heavy atom. The highest BCUT2D eigenvalue weighted by atomic mass is 32.1. The second-order valence-corrected chi connectivity index (χ2v) is 8.01. The molecule has 2 heterocycles. The molecule has 0 aliphatic heterocycles. The van der Waals surface area contributed by atoms with E-state index in [1.54, 1.807) is 13.0 Å². The van der Waals surface area contributed by atoms with Crippen LogP contribution in [-0.2, 0) is 11.3 Å². The first-order valence-corrected chi connectivity index (χ1v) is 10.9. The smallest absolute Gasteiger partial charge is 0.341 e. The van der Waals surface area contributed by atoms with Crippen LogP contribution >= 0.6 is 11.3 Å². The van der Waals surface area contributed by atoms with E-state index in [1.165, 1.54) is 30.3 Å². The molecule has 0 saturated carbocycles. The second kappa shape index (κ2) is 10.6. The van der Waals surface area contributed by atoms with Crippen LogP contribution in [-0.4, -0.2) is 29.3 Å². The molecule has 0 aliphatic rings. The fraction of sp³-hybridized carbons (Fsp3) is 0.227. The summed E-state index contributed by atoms with van der Waals surface area (Å²) in [5.74, 6) is -1.90. The molecule has 0 radical (unpaired) electrons. The molecule has 0 fully saturated rings. The van der Waals surface area contributed by atoms with Crippen LogP contribution in [0.2, 0.25) is 0 Å². The van der Waals surface area contributed by atoms with E-state index in [9.17, 15) is 24.5 Å². The Hall–Kier alpha value is -4.19. The van der Waals surface area contributed by atoms with Crippen LogP contribution in [0.25, 0.3) is 0 Å². The molecule has 3 aromatic rings. The number of para-hydroxylation sites is 2. The molecular weight excluding hydrogens is 466 g/mol. The van der Waals surface area contributed by atoms with Gasteiger partial charge in [-0.05, 0) is 37.1 Å². The van der Waals surface area contributed by atoms with E-state index in [0.29, 0.717) is 12.0 Å². The van der Waals surface area contributed by atoms with Crippen LogP contribution in [0.3, 0.4) is 0 Å². The Morgan fingerprint density at radius 2 is 1.94 bits per heavy atom. The van der Waals surface area contributed by atoms with Gasteiger partial charge in [0.2, 0.25) is 0 Å². The van der Waals surface area contributed by atoms with E-state index in [0.717, 1.165) is 11.3 Å². The number of anilines is 1. The zero-order valence-electron chi connectivity index (χ0n) is 18.3. The predicted molar refractivity (Wildman–Crippen MR) is 122 cm³/mol. The van der Waals surface area contributed by atoms with Gasteiger partial charge < -0.3 is 24.9 Å². The number of hydrogen-bond acceptors (Lipinski definition) is 9. The van der Waals surface area contributed by atoms with Gasteiger partial charge in [0.15, 0.2) is 11.5 Å². The number of nitrogens with one attached hydrogen (secondary N) is 1. The molecule has 3 rings (SSSR count). The molecule has 11 nitrogen and oxygen atoms in total. The van der Waals surface area contributed by atoms with Crippen molar-refractivity contribution >= 4 is 39.8 Å². The van der Waals surface area contributed by atoms with Gasteiger partial charge in [-0.25, -0.2) is 4.79 Å². The van der Waals surface area contributed by atoms with Crippen LogP contribution < -0.4 is 15.8 Å². The fourth-order valence-corrected chi connectivity index (χ4v) is 4.01. The van der Waals surface area contributed by atoms with Crippen molar-refractivity contribution in [1.82, 2.24) is 0 Å². The van der Waals surface area contributed by atoms with Gasteiger partial charge in [-0.1, -0.05) is 19.1 Å². The number of nitrogens with two attached hydrogens (primary N) is 1. The summed E-state index contributed by atoms with van der Waals surface area (Å²) in [5.41, 5.74) is 5.54. The number of ether oxygens (including phenoxy) is 2. The summed E-state index contributed by atoms with van der Waals surface area (Å²) in [7, 11) is 0. The van der Waals surface area contributed by atoms with Crippen molar-refractivity contribution in [2.24, 2.45) is 5.73 Å².